The van der Waals surface area contributed by atoms with Crippen LogP contribution < -0.4 is 5.73 Å². The van der Waals surface area contributed by atoms with Gasteiger partial charge < -0.3 is 10.5 Å². The van der Waals surface area contributed by atoms with E-state index in [1.54, 1.807) is 0 Å². The molecule has 1 aliphatic carbocycles. The van der Waals surface area contributed by atoms with Crippen molar-refractivity contribution in [2.45, 2.75) is 38.3 Å². The molecular weight excluding hydrogens is 256 g/mol. The maximum atomic E-state index is 6.10. The summed E-state index contributed by atoms with van der Waals surface area (Å²) in [5, 5.41) is 2.17. The van der Waals surface area contributed by atoms with Gasteiger partial charge in [-0.2, -0.15) is 0 Å². The minimum absolute atomic E-state index is 0.290. The standard InChI is InChI=1S/C15H24N2OS/c16-11-15(5-7-18-8-6-15)12-17(13-3-4-13)10-14-2-1-9-19-14/h1-2,9,13H,3-8,10-12,16H2. The molecule has 4 heteroatoms. The highest BCUT2D eigenvalue weighted by molar-refractivity contribution is 7.09. The van der Waals surface area contributed by atoms with Crippen LogP contribution in [0, 0.1) is 5.41 Å². The first-order chi connectivity index (χ1) is 9.31. The van der Waals surface area contributed by atoms with E-state index in [2.05, 4.69) is 22.4 Å². The Labute approximate surface area is 119 Å². The van der Waals surface area contributed by atoms with Gasteiger partial charge in [0.25, 0.3) is 0 Å². The van der Waals surface area contributed by atoms with Crippen LogP contribution in [0.5, 0.6) is 0 Å². The average Bonchev–Trinajstić information content (AvgIpc) is 3.18. The van der Waals surface area contributed by atoms with Gasteiger partial charge in [0.05, 0.1) is 0 Å². The average molecular weight is 280 g/mol. The van der Waals surface area contributed by atoms with Crippen LogP contribution in [-0.2, 0) is 11.3 Å². The van der Waals surface area contributed by atoms with Crippen LogP contribution >= 0.6 is 11.3 Å². The predicted molar refractivity (Wildman–Crippen MR) is 79.3 cm³/mol. The summed E-state index contributed by atoms with van der Waals surface area (Å²) < 4.78 is 5.52. The Morgan fingerprint density at radius 3 is 2.74 bits per heavy atom. The van der Waals surface area contributed by atoms with Gasteiger partial charge in [-0.25, -0.2) is 0 Å². The lowest BCUT2D eigenvalue weighted by Gasteiger charge is -2.40. The zero-order valence-corrected chi connectivity index (χ0v) is 12.3. The first-order valence-corrected chi connectivity index (χ1v) is 8.24. The Kier molecular flexibility index (Phi) is 4.22. The third-order valence-electron chi connectivity index (χ3n) is 4.53. The van der Waals surface area contributed by atoms with Crippen molar-refractivity contribution < 1.29 is 4.74 Å². The number of nitrogens with zero attached hydrogens (tertiary/aromatic N) is 1. The van der Waals surface area contributed by atoms with Gasteiger partial charge >= 0.3 is 0 Å². The summed E-state index contributed by atoms with van der Waals surface area (Å²) in [5.41, 5.74) is 6.39. The van der Waals surface area contributed by atoms with E-state index < -0.39 is 0 Å². The lowest BCUT2D eigenvalue weighted by molar-refractivity contribution is -0.00290. The van der Waals surface area contributed by atoms with Crippen LogP contribution in [0.3, 0.4) is 0 Å². The first-order valence-electron chi connectivity index (χ1n) is 7.36. The van der Waals surface area contributed by atoms with Crippen molar-refractivity contribution in [1.82, 2.24) is 4.90 Å². The van der Waals surface area contributed by atoms with E-state index in [0.717, 1.165) is 51.7 Å². The van der Waals surface area contributed by atoms with E-state index in [9.17, 15) is 0 Å². The molecule has 19 heavy (non-hydrogen) atoms. The summed E-state index contributed by atoms with van der Waals surface area (Å²) in [6, 6.07) is 5.20. The number of nitrogens with two attached hydrogens (primary N) is 1. The molecule has 2 aliphatic rings. The molecule has 0 spiro atoms. The van der Waals surface area contributed by atoms with E-state index >= 15 is 0 Å². The van der Waals surface area contributed by atoms with Gasteiger partial charge in [-0.1, -0.05) is 6.07 Å². The summed E-state index contributed by atoms with van der Waals surface area (Å²) in [7, 11) is 0. The molecular formula is C15H24N2OS. The smallest absolute Gasteiger partial charge is 0.0472 e. The molecule has 0 bridgehead atoms. The molecule has 0 atom stereocenters. The normalized spacial score (nSPS) is 22.8. The number of rotatable bonds is 6. The molecule has 2 fully saturated rings. The van der Waals surface area contributed by atoms with Crippen LogP contribution in [0.15, 0.2) is 17.5 Å². The molecule has 2 heterocycles. The number of hydrogen-bond acceptors (Lipinski definition) is 4. The third-order valence-corrected chi connectivity index (χ3v) is 5.39. The van der Waals surface area contributed by atoms with Crippen LogP contribution in [0.4, 0.5) is 0 Å². The van der Waals surface area contributed by atoms with Crippen molar-refractivity contribution in [2.24, 2.45) is 11.1 Å². The zero-order chi connectivity index (χ0) is 13.1. The summed E-state index contributed by atoms with van der Waals surface area (Å²) in [4.78, 5) is 4.15. The highest BCUT2D eigenvalue weighted by atomic mass is 32.1. The molecule has 0 radical (unpaired) electrons. The van der Waals surface area contributed by atoms with E-state index in [0.29, 0.717) is 0 Å². The molecule has 1 aromatic heterocycles. The van der Waals surface area contributed by atoms with Gasteiger partial charge in [0.2, 0.25) is 0 Å². The van der Waals surface area contributed by atoms with Crippen molar-refractivity contribution in [3.8, 4) is 0 Å². The van der Waals surface area contributed by atoms with Gasteiger partial charge in [0.1, 0.15) is 0 Å². The van der Waals surface area contributed by atoms with Crippen LogP contribution in [0.25, 0.3) is 0 Å². The summed E-state index contributed by atoms with van der Waals surface area (Å²) in [5.74, 6) is 0. The van der Waals surface area contributed by atoms with Crippen molar-refractivity contribution in [1.29, 1.82) is 0 Å². The zero-order valence-electron chi connectivity index (χ0n) is 11.5. The lowest BCUT2D eigenvalue weighted by Crippen LogP contribution is -2.46. The fourth-order valence-corrected chi connectivity index (χ4v) is 3.75. The van der Waals surface area contributed by atoms with Crippen molar-refractivity contribution in [3.63, 3.8) is 0 Å². The summed E-state index contributed by atoms with van der Waals surface area (Å²) >= 11 is 1.87. The molecule has 0 aromatic carbocycles. The topological polar surface area (TPSA) is 38.5 Å². The third kappa shape index (κ3) is 3.37. The molecule has 106 valence electrons. The van der Waals surface area contributed by atoms with E-state index in [-0.39, 0.29) is 5.41 Å². The highest BCUT2D eigenvalue weighted by Gasteiger charge is 2.38. The molecule has 1 aromatic rings. The fourth-order valence-electron chi connectivity index (χ4n) is 3.02. The molecule has 2 N–H and O–H groups in total. The van der Waals surface area contributed by atoms with E-state index in [1.165, 1.54) is 17.7 Å². The van der Waals surface area contributed by atoms with Gasteiger partial charge in [-0.3, -0.25) is 4.90 Å². The number of thiophene rings is 1. The van der Waals surface area contributed by atoms with Crippen molar-refractivity contribution >= 4 is 11.3 Å². The van der Waals surface area contributed by atoms with Gasteiger partial charge in [-0.15, -0.1) is 11.3 Å². The second-order valence-corrected chi connectivity index (χ2v) is 7.06. The van der Waals surface area contributed by atoms with E-state index in [1.807, 2.05) is 11.3 Å². The Bertz CT molecular complexity index is 383. The molecule has 0 unspecified atom stereocenters. The Morgan fingerprint density at radius 1 is 1.37 bits per heavy atom. The minimum atomic E-state index is 0.290. The fraction of sp³-hybridized carbons (Fsp3) is 0.733. The number of hydrogen-bond donors (Lipinski definition) is 1. The van der Waals surface area contributed by atoms with Crippen LogP contribution in [0.1, 0.15) is 30.6 Å². The monoisotopic (exact) mass is 280 g/mol. The molecule has 3 nitrogen and oxygen atoms in total. The molecule has 1 aliphatic heterocycles. The maximum absolute atomic E-state index is 6.10. The van der Waals surface area contributed by atoms with Crippen LogP contribution in [-0.4, -0.2) is 37.2 Å². The molecule has 1 saturated carbocycles. The summed E-state index contributed by atoms with van der Waals surface area (Å²) in [6.07, 6.45) is 4.97. The Balaban J connectivity index is 1.66. The Hall–Kier alpha value is -0.420. The van der Waals surface area contributed by atoms with Gasteiger partial charge in [-0.05, 0) is 49.1 Å². The molecule has 3 rings (SSSR count). The summed E-state index contributed by atoms with van der Waals surface area (Å²) in [6.45, 7) is 4.81. The van der Waals surface area contributed by atoms with Crippen molar-refractivity contribution in [2.75, 3.05) is 26.3 Å². The lowest BCUT2D eigenvalue weighted by atomic mass is 9.79. The minimum Gasteiger partial charge on any atom is -0.381 e. The van der Waals surface area contributed by atoms with Gasteiger partial charge in [0, 0.05) is 37.2 Å². The van der Waals surface area contributed by atoms with Crippen molar-refractivity contribution in [3.05, 3.63) is 22.4 Å². The molecule has 0 amide bonds. The number of ether oxygens (including phenoxy) is 1. The second kappa shape index (κ2) is 5.92. The predicted octanol–water partition coefficient (Wildman–Crippen LogP) is 2.47. The maximum Gasteiger partial charge on any atom is 0.0472 e. The quantitative estimate of drug-likeness (QED) is 0.870. The SMILES string of the molecule is NCC1(CN(Cc2cccs2)C2CC2)CCOCC1. The highest BCUT2D eigenvalue weighted by Crippen LogP contribution is 2.36. The van der Waals surface area contributed by atoms with Gasteiger partial charge in [0.15, 0.2) is 0 Å². The molecule has 1 saturated heterocycles. The van der Waals surface area contributed by atoms with E-state index in [4.69, 9.17) is 10.5 Å². The second-order valence-electron chi connectivity index (χ2n) is 6.03. The largest absolute Gasteiger partial charge is 0.381 e. The Morgan fingerprint density at radius 2 is 2.16 bits per heavy atom. The van der Waals surface area contributed by atoms with Crippen LogP contribution in [0.2, 0.25) is 0 Å². The first kappa shape index (κ1) is 13.6.